The van der Waals surface area contributed by atoms with Gasteiger partial charge in [0.2, 0.25) is 5.91 Å². The lowest BCUT2D eigenvalue weighted by Crippen LogP contribution is -2.33. The fourth-order valence-corrected chi connectivity index (χ4v) is 3.76. The normalized spacial score (nSPS) is 15.4. The van der Waals surface area contributed by atoms with Gasteiger partial charge in [-0.25, -0.2) is 4.98 Å². The molecular weight excluding hydrogens is 383 g/mol. The second kappa shape index (κ2) is 8.63. The Bertz CT molecular complexity index is 954. The quantitative estimate of drug-likeness (QED) is 0.646. The number of amides is 1. The monoisotopic (exact) mass is 406 g/mol. The van der Waals surface area contributed by atoms with Gasteiger partial charge >= 0.3 is 0 Å². The van der Waals surface area contributed by atoms with Crippen molar-refractivity contribution in [2.75, 3.05) is 5.73 Å². The molecule has 1 unspecified atom stereocenters. The zero-order chi connectivity index (χ0) is 17.4. The summed E-state index contributed by atoms with van der Waals surface area (Å²) in [5.74, 6) is 0.870. The fourth-order valence-electron chi connectivity index (χ4n) is 3.76. The molecule has 2 aromatic carbocycles. The molecular formula is C20H24Cl2N4O. The Balaban J connectivity index is 0.00000131. The van der Waals surface area contributed by atoms with E-state index < -0.39 is 0 Å². The maximum Gasteiger partial charge on any atom is 0.240 e. The second-order valence-electron chi connectivity index (χ2n) is 6.70. The largest absolute Gasteiger partial charge is 0.399 e. The van der Waals surface area contributed by atoms with Crippen LogP contribution in [0, 0.1) is 6.92 Å². The van der Waals surface area contributed by atoms with Gasteiger partial charge in [-0.3, -0.25) is 4.79 Å². The number of aryl methyl sites for hydroxylation is 2. The van der Waals surface area contributed by atoms with Crippen LogP contribution in [0.25, 0.3) is 11.0 Å². The van der Waals surface area contributed by atoms with Gasteiger partial charge in [-0.1, -0.05) is 18.2 Å². The molecule has 0 radical (unpaired) electrons. The molecule has 1 aromatic heterocycles. The van der Waals surface area contributed by atoms with Crippen molar-refractivity contribution >= 4 is 47.4 Å². The number of halogens is 2. The average Bonchev–Trinajstić information content (AvgIpc) is 2.90. The molecule has 1 aliphatic rings. The standard InChI is InChI=1S/C20H22N4O.2ClH/c1-13-22-18-6-2-3-8-19(18)24(13)12-20(25)23-17-7-4-5-14-11-15(21)9-10-16(14)17;;/h2-3,6,8-11,17H,4-5,7,12,21H2,1H3,(H,23,25);2*1H. The van der Waals surface area contributed by atoms with Crippen LogP contribution in [0.3, 0.4) is 0 Å². The van der Waals surface area contributed by atoms with Crippen LogP contribution in [0.2, 0.25) is 0 Å². The van der Waals surface area contributed by atoms with E-state index in [1.807, 2.05) is 54.0 Å². The summed E-state index contributed by atoms with van der Waals surface area (Å²) in [4.78, 5) is 17.2. The number of para-hydroxylation sites is 2. The first kappa shape index (κ1) is 21.1. The predicted octanol–water partition coefficient (Wildman–Crippen LogP) is 3.96. The van der Waals surface area contributed by atoms with Gasteiger partial charge in [0.25, 0.3) is 0 Å². The molecule has 27 heavy (non-hydrogen) atoms. The van der Waals surface area contributed by atoms with Crippen LogP contribution >= 0.6 is 24.8 Å². The van der Waals surface area contributed by atoms with Crippen LogP contribution in [-0.2, 0) is 17.8 Å². The molecule has 0 bridgehead atoms. The number of hydrogen-bond acceptors (Lipinski definition) is 3. The number of anilines is 1. The van der Waals surface area contributed by atoms with Crippen LogP contribution in [0.15, 0.2) is 42.5 Å². The average molecular weight is 407 g/mol. The number of nitrogen functional groups attached to an aromatic ring is 1. The van der Waals surface area contributed by atoms with Gasteiger partial charge in [0.05, 0.1) is 17.1 Å². The van der Waals surface area contributed by atoms with Crippen LogP contribution in [0.5, 0.6) is 0 Å². The van der Waals surface area contributed by atoms with E-state index in [0.717, 1.165) is 41.8 Å². The summed E-state index contributed by atoms with van der Waals surface area (Å²) >= 11 is 0. The van der Waals surface area contributed by atoms with Gasteiger partial charge < -0.3 is 15.6 Å². The highest BCUT2D eigenvalue weighted by molar-refractivity contribution is 5.85. The number of hydrogen-bond donors (Lipinski definition) is 2. The summed E-state index contributed by atoms with van der Waals surface area (Å²) in [6.45, 7) is 2.22. The van der Waals surface area contributed by atoms with E-state index in [0.29, 0.717) is 0 Å². The molecule has 144 valence electrons. The highest BCUT2D eigenvalue weighted by Crippen LogP contribution is 2.31. The van der Waals surface area contributed by atoms with Crippen LogP contribution in [0.1, 0.15) is 35.8 Å². The summed E-state index contributed by atoms with van der Waals surface area (Å²) < 4.78 is 1.97. The molecule has 1 amide bonds. The second-order valence-corrected chi connectivity index (χ2v) is 6.70. The maximum atomic E-state index is 12.7. The molecule has 0 spiro atoms. The number of nitrogens with two attached hydrogens (primary N) is 1. The Labute approximate surface area is 171 Å². The van der Waals surface area contributed by atoms with Gasteiger partial charge in [0.1, 0.15) is 12.4 Å². The fraction of sp³-hybridized carbons (Fsp3) is 0.300. The topological polar surface area (TPSA) is 72.9 Å². The number of benzene rings is 2. The van der Waals surface area contributed by atoms with E-state index in [-0.39, 0.29) is 43.3 Å². The van der Waals surface area contributed by atoms with Crippen molar-refractivity contribution < 1.29 is 4.79 Å². The molecule has 1 aliphatic carbocycles. The molecule has 0 saturated heterocycles. The molecule has 7 heteroatoms. The third-order valence-corrected chi connectivity index (χ3v) is 4.96. The molecule has 1 heterocycles. The lowest BCUT2D eigenvalue weighted by atomic mass is 9.87. The summed E-state index contributed by atoms with van der Waals surface area (Å²) in [5, 5.41) is 3.20. The molecule has 5 nitrogen and oxygen atoms in total. The number of fused-ring (bicyclic) bond motifs is 2. The highest BCUT2D eigenvalue weighted by atomic mass is 35.5. The zero-order valence-corrected chi connectivity index (χ0v) is 16.8. The molecule has 0 aliphatic heterocycles. The van der Waals surface area contributed by atoms with Crippen molar-refractivity contribution in [2.45, 2.75) is 38.8 Å². The number of nitrogens with one attached hydrogen (secondary N) is 1. The van der Waals surface area contributed by atoms with Crippen molar-refractivity contribution in [3.8, 4) is 0 Å². The zero-order valence-electron chi connectivity index (χ0n) is 15.1. The first-order valence-electron chi connectivity index (χ1n) is 8.71. The van der Waals surface area contributed by atoms with Crippen LogP contribution in [0.4, 0.5) is 5.69 Å². The lowest BCUT2D eigenvalue weighted by molar-refractivity contribution is -0.122. The van der Waals surface area contributed by atoms with Crippen LogP contribution in [-0.4, -0.2) is 15.5 Å². The SMILES string of the molecule is Cc1nc2ccccc2n1CC(=O)NC1CCCc2cc(N)ccc21.Cl.Cl. The van der Waals surface area contributed by atoms with E-state index in [4.69, 9.17) is 5.73 Å². The van der Waals surface area contributed by atoms with Crippen molar-refractivity contribution in [1.29, 1.82) is 0 Å². The Kier molecular flexibility index (Phi) is 6.73. The molecule has 3 aromatic rings. The van der Waals surface area contributed by atoms with Gasteiger partial charge in [-0.2, -0.15) is 0 Å². The van der Waals surface area contributed by atoms with Gasteiger partial charge in [-0.15, -0.1) is 24.8 Å². The van der Waals surface area contributed by atoms with E-state index in [9.17, 15) is 4.79 Å². The number of rotatable bonds is 3. The molecule has 0 fully saturated rings. The van der Waals surface area contributed by atoms with Crippen molar-refractivity contribution in [2.24, 2.45) is 0 Å². The minimum atomic E-state index is 0. The Morgan fingerprint density at radius 1 is 1.26 bits per heavy atom. The van der Waals surface area contributed by atoms with Crippen molar-refractivity contribution in [1.82, 2.24) is 14.9 Å². The Morgan fingerprint density at radius 3 is 2.85 bits per heavy atom. The molecule has 1 atom stereocenters. The molecule has 0 saturated carbocycles. The van der Waals surface area contributed by atoms with Crippen molar-refractivity contribution in [3.05, 3.63) is 59.4 Å². The number of carbonyl (C=O) groups is 1. The predicted molar refractivity (Wildman–Crippen MR) is 114 cm³/mol. The minimum absolute atomic E-state index is 0. The summed E-state index contributed by atoms with van der Waals surface area (Å²) in [5.41, 5.74) is 11.0. The number of nitrogens with zero attached hydrogens (tertiary/aromatic N) is 2. The van der Waals surface area contributed by atoms with Crippen molar-refractivity contribution in [3.63, 3.8) is 0 Å². The summed E-state index contributed by atoms with van der Waals surface area (Å²) in [6, 6.07) is 14.0. The number of carbonyl (C=O) groups excluding carboxylic acids is 1. The molecule has 3 N–H and O–H groups in total. The van der Waals surface area contributed by atoms with Gasteiger partial charge in [0.15, 0.2) is 0 Å². The lowest BCUT2D eigenvalue weighted by Gasteiger charge is -2.27. The smallest absolute Gasteiger partial charge is 0.240 e. The minimum Gasteiger partial charge on any atom is -0.399 e. The Morgan fingerprint density at radius 2 is 2.04 bits per heavy atom. The van der Waals surface area contributed by atoms with E-state index in [1.54, 1.807) is 0 Å². The highest BCUT2D eigenvalue weighted by Gasteiger charge is 2.22. The van der Waals surface area contributed by atoms with E-state index in [1.165, 1.54) is 11.1 Å². The van der Waals surface area contributed by atoms with Gasteiger partial charge in [-0.05, 0) is 61.6 Å². The molecule has 4 rings (SSSR count). The maximum absolute atomic E-state index is 12.7. The summed E-state index contributed by atoms with van der Waals surface area (Å²) in [7, 11) is 0. The number of imidazole rings is 1. The first-order valence-corrected chi connectivity index (χ1v) is 8.71. The third kappa shape index (κ3) is 4.20. The third-order valence-electron chi connectivity index (χ3n) is 4.96. The first-order chi connectivity index (χ1) is 12.1. The van der Waals surface area contributed by atoms with Gasteiger partial charge in [0, 0.05) is 5.69 Å². The van der Waals surface area contributed by atoms with E-state index >= 15 is 0 Å². The number of aromatic nitrogens is 2. The summed E-state index contributed by atoms with van der Waals surface area (Å²) in [6.07, 6.45) is 3.05. The van der Waals surface area contributed by atoms with Crippen LogP contribution < -0.4 is 11.1 Å². The Hall–Kier alpha value is -2.24. The van der Waals surface area contributed by atoms with E-state index in [2.05, 4.69) is 10.3 Å².